The Morgan fingerprint density at radius 2 is 2.19 bits per heavy atom. The fourth-order valence-electron chi connectivity index (χ4n) is 2.47. The van der Waals surface area contributed by atoms with Crippen LogP contribution in [0.3, 0.4) is 0 Å². The van der Waals surface area contributed by atoms with E-state index in [0.29, 0.717) is 5.02 Å². The van der Waals surface area contributed by atoms with E-state index in [9.17, 15) is 4.39 Å². The van der Waals surface area contributed by atoms with Gasteiger partial charge in [0.2, 0.25) is 0 Å². The zero-order chi connectivity index (χ0) is 14.8. The molecule has 0 fully saturated rings. The van der Waals surface area contributed by atoms with Crippen LogP contribution in [-0.4, -0.2) is 12.9 Å². The van der Waals surface area contributed by atoms with Gasteiger partial charge < -0.3 is 10.1 Å². The van der Waals surface area contributed by atoms with Crippen molar-refractivity contribution in [1.29, 1.82) is 0 Å². The Morgan fingerprint density at radius 3 is 3.00 bits per heavy atom. The van der Waals surface area contributed by atoms with Crippen molar-refractivity contribution in [2.24, 2.45) is 0 Å². The van der Waals surface area contributed by atoms with Crippen molar-refractivity contribution in [2.75, 3.05) is 18.2 Å². The maximum absolute atomic E-state index is 13.9. The summed E-state index contributed by atoms with van der Waals surface area (Å²) in [4.78, 5) is 0.736. The molecule has 1 aliphatic rings. The lowest BCUT2D eigenvalue weighted by Gasteiger charge is -2.27. The highest BCUT2D eigenvalue weighted by molar-refractivity contribution is 7.99. The average Bonchev–Trinajstić information content (AvgIpc) is 2.50. The smallest absolute Gasteiger partial charge is 0.137 e. The van der Waals surface area contributed by atoms with E-state index in [-0.39, 0.29) is 11.9 Å². The summed E-state index contributed by atoms with van der Waals surface area (Å²) < 4.78 is 19.1. The van der Waals surface area contributed by atoms with E-state index >= 15 is 0 Å². The third-order valence-corrected chi connectivity index (χ3v) is 5.02. The summed E-state index contributed by atoms with van der Waals surface area (Å²) in [6.07, 6.45) is 0.925. The summed E-state index contributed by atoms with van der Waals surface area (Å²) in [7, 11) is 1.62. The molecule has 21 heavy (non-hydrogen) atoms. The first-order valence-corrected chi connectivity index (χ1v) is 8.06. The highest BCUT2D eigenvalue weighted by Gasteiger charge is 2.23. The number of nitrogens with one attached hydrogen (secondary N) is 1. The fraction of sp³-hybridized carbons (Fsp3) is 0.250. The van der Waals surface area contributed by atoms with Crippen molar-refractivity contribution in [3.8, 4) is 5.75 Å². The van der Waals surface area contributed by atoms with Crippen molar-refractivity contribution in [3.05, 3.63) is 52.8 Å². The van der Waals surface area contributed by atoms with Gasteiger partial charge in [-0.15, -0.1) is 11.8 Å². The van der Waals surface area contributed by atoms with Crippen molar-refractivity contribution in [3.63, 3.8) is 0 Å². The number of benzene rings is 2. The van der Waals surface area contributed by atoms with Crippen LogP contribution in [0.2, 0.25) is 5.02 Å². The van der Waals surface area contributed by atoms with E-state index in [0.717, 1.165) is 34.1 Å². The van der Waals surface area contributed by atoms with Gasteiger partial charge in [-0.3, -0.25) is 0 Å². The van der Waals surface area contributed by atoms with E-state index in [1.165, 1.54) is 6.07 Å². The Bertz CT molecular complexity index is 665. The van der Waals surface area contributed by atoms with Crippen LogP contribution in [0.4, 0.5) is 10.1 Å². The summed E-state index contributed by atoms with van der Waals surface area (Å²) in [6.45, 7) is 0. The first-order chi connectivity index (χ1) is 10.2. The molecule has 1 aliphatic heterocycles. The Morgan fingerprint density at radius 1 is 1.33 bits per heavy atom. The number of fused-ring (bicyclic) bond motifs is 1. The SMILES string of the molecule is COc1ccc(Cl)c(NC2CCSc3c(F)cccc32)c1. The standard InChI is InChI=1S/C16H15ClFNOS/c1-20-10-5-6-12(17)15(9-10)19-14-7-8-21-16-11(14)3-2-4-13(16)18/h2-6,9,14,19H,7-8H2,1H3. The molecular formula is C16H15ClFNOS. The summed E-state index contributed by atoms with van der Waals surface area (Å²) in [6, 6.07) is 10.8. The van der Waals surface area contributed by atoms with E-state index in [4.69, 9.17) is 16.3 Å². The molecule has 0 aliphatic carbocycles. The third kappa shape index (κ3) is 2.97. The van der Waals surface area contributed by atoms with Crippen LogP contribution < -0.4 is 10.1 Å². The number of anilines is 1. The van der Waals surface area contributed by atoms with Crippen molar-refractivity contribution in [2.45, 2.75) is 17.4 Å². The Balaban J connectivity index is 1.92. The van der Waals surface area contributed by atoms with Crippen molar-refractivity contribution >= 4 is 29.1 Å². The molecule has 0 amide bonds. The fourth-order valence-corrected chi connectivity index (χ4v) is 3.78. The maximum atomic E-state index is 13.9. The highest BCUT2D eigenvalue weighted by Crippen LogP contribution is 2.40. The minimum atomic E-state index is -0.152. The highest BCUT2D eigenvalue weighted by atomic mass is 35.5. The van der Waals surface area contributed by atoms with Crippen LogP contribution in [0.25, 0.3) is 0 Å². The lowest BCUT2D eigenvalue weighted by molar-refractivity contribution is 0.415. The molecule has 0 bridgehead atoms. The van der Waals surface area contributed by atoms with Crippen LogP contribution in [0.1, 0.15) is 18.0 Å². The molecule has 110 valence electrons. The largest absolute Gasteiger partial charge is 0.497 e. The Hall–Kier alpha value is -1.39. The molecular weight excluding hydrogens is 309 g/mol. The van der Waals surface area contributed by atoms with E-state index in [1.54, 1.807) is 31.0 Å². The summed E-state index contributed by atoms with van der Waals surface area (Å²) >= 11 is 7.80. The Labute approximate surface area is 132 Å². The molecule has 0 radical (unpaired) electrons. The average molecular weight is 324 g/mol. The first kappa shape index (κ1) is 14.5. The molecule has 2 nitrogen and oxygen atoms in total. The molecule has 3 rings (SSSR count). The van der Waals surface area contributed by atoms with Crippen LogP contribution in [0.5, 0.6) is 5.75 Å². The van der Waals surface area contributed by atoms with Gasteiger partial charge in [0.05, 0.1) is 23.9 Å². The minimum Gasteiger partial charge on any atom is -0.497 e. The van der Waals surface area contributed by atoms with Crippen molar-refractivity contribution in [1.82, 2.24) is 0 Å². The molecule has 5 heteroatoms. The molecule has 2 aromatic rings. The quantitative estimate of drug-likeness (QED) is 0.845. The molecule has 0 aromatic heterocycles. The van der Waals surface area contributed by atoms with E-state index in [2.05, 4.69) is 5.32 Å². The number of hydrogen-bond donors (Lipinski definition) is 1. The van der Waals surface area contributed by atoms with E-state index in [1.807, 2.05) is 18.2 Å². The van der Waals surface area contributed by atoms with Gasteiger partial charge in [-0.2, -0.15) is 0 Å². The molecule has 0 spiro atoms. The van der Waals surface area contributed by atoms with Gasteiger partial charge >= 0.3 is 0 Å². The number of thioether (sulfide) groups is 1. The van der Waals surface area contributed by atoms with Crippen LogP contribution in [-0.2, 0) is 0 Å². The number of hydrogen-bond acceptors (Lipinski definition) is 3. The van der Waals surface area contributed by atoms with Gasteiger partial charge in [-0.1, -0.05) is 23.7 Å². The predicted octanol–water partition coefficient (Wildman–Crippen LogP) is 5.14. The van der Waals surface area contributed by atoms with Gasteiger partial charge in [0.1, 0.15) is 11.6 Å². The number of methoxy groups -OCH3 is 1. The topological polar surface area (TPSA) is 21.3 Å². The number of halogens is 2. The van der Waals surface area contributed by atoms with E-state index < -0.39 is 0 Å². The lowest BCUT2D eigenvalue weighted by atomic mass is 10.0. The van der Waals surface area contributed by atoms with Crippen LogP contribution in [0, 0.1) is 5.82 Å². The Kier molecular flexibility index (Phi) is 4.27. The van der Waals surface area contributed by atoms with Gasteiger partial charge in [0, 0.05) is 16.7 Å². The number of rotatable bonds is 3. The molecule has 2 aromatic carbocycles. The second-order valence-electron chi connectivity index (χ2n) is 4.84. The second kappa shape index (κ2) is 6.16. The third-order valence-electron chi connectivity index (χ3n) is 3.53. The maximum Gasteiger partial charge on any atom is 0.137 e. The second-order valence-corrected chi connectivity index (χ2v) is 6.35. The normalized spacial score (nSPS) is 17.2. The van der Waals surface area contributed by atoms with Crippen LogP contribution in [0.15, 0.2) is 41.3 Å². The minimum absolute atomic E-state index is 0.0570. The molecule has 1 unspecified atom stereocenters. The molecule has 1 atom stereocenters. The monoisotopic (exact) mass is 323 g/mol. The van der Waals surface area contributed by atoms with Crippen molar-refractivity contribution < 1.29 is 9.13 Å². The van der Waals surface area contributed by atoms with Gasteiger partial charge in [-0.05, 0) is 30.2 Å². The molecule has 0 saturated heterocycles. The molecule has 1 heterocycles. The first-order valence-electron chi connectivity index (χ1n) is 6.70. The predicted molar refractivity (Wildman–Crippen MR) is 86.1 cm³/mol. The van der Waals surface area contributed by atoms with Gasteiger partial charge in [0.25, 0.3) is 0 Å². The summed E-state index contributed by atoms with van der Waals surface area (Å²) in [5, 5.41) is 4.05. The zero-order valence-electron chi connectivity index (χ0n) is 11.5. The molecule has 0 saturated carbocycles. The lowest BCUT2D eigenvalue weighted by Crippen LogP contribution is -2.17. The van der Waals surface area contributed by atoms with Gasteiger partial charge in [0.15, 0.2) is 0 Å². The number of ether oxygens (including phenoxy) is 1. The van der Waals surface area contributed by atoms with Gasteiger partial charge in [-0.25, -0.2) is 4.39 Å². The molecule has 1 N–H and O–H groups in total. The summed E-state index contributed by atoms with van der Waals surface area (Å²) in [5.41, 5.74) is 1.80. The summed E-state index contributed by atoms with van der Waals surface area (Å²) in [5.74, 6) is 1.47. The zero-order valence-corrected chi connectivity index (χ0v) is 13.1. The van der Waals surface area contributed by atoms with Crippen LogP contribution >= 0.6 is 23.4 Å².